The second-order valence-corrected chi connectivity index (χ2v) is 8.42. The van der Waals surface area contributed by atoms with Crippen LogP contribution in [0.4, 0.5) is 0 Å². The number of nitrogens with one attached hydrogen (secondary N) is 1. The van der Waals surface area contributed by atoms with Crippen LogP contribution in [0.1, 0.15) is 44.4 Å². The Balaban J connectivity index is 0.000000431. The fourth-order valence-electron chi connectivity index (χ4n) is 4.98. The zero-order chi connectivity index (χ0) is 21.4. The number of rotatable bonds is 3. The van der Waals surface area contributed by atoms with Crippen LogP contribution in [0.2, 0.25) is 0 Å². The van der Waals surface area contributed by atoms with Crippen LogP contribution < -0.4 is 18.6 Å². The van der Waals surface area contributed by atoms with Crippen molar-refractivity contribution in [2.75, 3.05) is 13.1 Å². The van der Waals surface area contributed by atoms with Crippen molar-refractivity contribution in [3.05, 3.63) is 35.5 Å². The molecule has 3 heterocycles. The number of aromatic nitrogens is 1. The fourth-order valence-corrected chi connectivity index (χ4v) is 4.98. The van der Waals surface area contributed by atoms with Gasteiger partial charge >= 0.3 is 5.97 Å². The number of carboxylic acids is 1. The summed E-state index contributed by atoms with van der Waals surface area (Å²) in [5.74, 6) is -1.06. The summed E-state index contributed by atoms with van der Waals surface area (Å²) in [5, 5.41) is 11.1. The van der Waals surface area contributed by atoms with Gasteiger partial charge in [0.1, 0.15) is 18.8 Å². The van der Waals surface area contributed by atoms with Gasteiger partial charge in [-0.1, -0.05) is 32.0 Å². The van der Waals surface area contributed by atoms with E-state index in [1.54, 1.807) is 0 Å². The number of benzene rings is 1. The van der Waals surface area contributed by atoms with E-state index < -0.39 is 16.2 Å². The Hall–Kier alpha value is -1.97. The summed E-state index contributed by atoms with van der Waals surface area (Å²) in [4.78, 5) is 15.5. The highest BCUT2D eigenvalue weighted by atomic mass is 35.7. The lowest BCUT2D eigenvalue weighted by atomic mass is 9.64. The molecule has 9 heteroatoms. The van der Waals surface area contributed by atoms with Crippen molar-refractivity contribution in [3.63, 3.8) is 0 Å². The van der Waals surface area contributed by atoms with E-state index >= 15 is 0 Å². The van der Waals surface area contributed by atoms with Gasteiger partial charge in [0.05, 0.1) is 11.3 Å². The molecule has 0 saturated carbocycles. The number of aromatic amines is 1. The number of carbonyl (C=O) groups is 1. The molecule has 29 heavy (non-hydrogen) atoms. The van der Waals surface area contributed by atoms with Gasteiger partial charge in [0.25, 0.3) is 0 Å². The third-order valence-corrected chi connectivity index (χ3v) is 6.35. The first-order valence-corrected chi connectivity index (χ1v) is 10.9. The second-order valence-electron chi connectivity index (χ2n) is 7.66. The van der Waals surface area contributed by atoms with Crippen molar-refractivity contribution in [2.24, 2.45) is 11.3 Å². The van der Waals surface area contributed by atoms with Crippen molar-refractivity contribution in [1.82, 2.24) is 4.98 Å². The Morgan fingerprint density at radius 2 is 1.93 bits per heavy atom. The van der Waals surface area contributed by atoms with Gasteiger partial charge in [-0.05, 0) is 24.5 Å². The molecule has 2 aliphatic rings. The molecule has 0 fully saturated rings. The molecule has 2 aliphatic heterocycles. The van der Waals surface area contributed by atoms with Crippen LogP contribution in [0, 0.1) is 21.6 Å². The van der Waals surface area contributed by atoms with Crippen molar-refractivity contribution in [1.29, 1.82) is 0 Å². The summed E-state index contributed by atoms with van der Waals surface area (Å²) in [7, 11) is -4.94. The molecule has 0 bridgehead atoms. The molecule has 0 aliphatic carbocycles. The summed E-state index contributed by atoms with van der Waals surface area (Å²) in [6.45, 7) is 6.07. The molecule has 2 atom stereocenters. The lowest BCUT2D eigenvalue weighted by molar-refractivity contribution is -2.00. The first-order valence-electron chi connectivity index (χ1n) is 9.65. The highest BCUT2D eigenvalue weighted by molar-refractivity contribution is 6.07. The molecule has 0 amide bonds. The van der Waals surface area contributed by atoms with Crippen LogP contribution in [0.3, 0.4) is 0 Å². The van der Waals surface area contributed by atoms with Crippen LogP contribution in [0.25, 0.3) is 10.9 Å². The average Bonchev–Trinajstić information content (AvgIpc) is 3.04. The molecule has 158 valence electrons. The largest absolute Gasteiger partial charge is 0.481 e. The van der Waals surface area contributed by atoms with Crippen LogP contribution in [0.5, 0.6) is 0 Å². The molecular formula is C20H25ClN2O6. The number of fused-ring (bicyclic) bond motifs is 4. The maximum Gasteiger partial charge on any atom is 0.307 e. The highest BCUT2D eigenvalue weighted by Crippen LogP contribution is 2.45. The summed E-state index contributed by atoms with van der Waals surface area (Å²) in [6.07, 6.45) is 3.92. The minimum atomic E-state index is -4.94. The van der Waals surface area contributed by atoms with Gasteiger partial charge < -0.3 is 10.1 Å². The van der Waals surface area contributed by atoms with Gasteiger partial charge in [0, 0.05) is 23.7 Å². The Labute approximate surface area is 170 Å². The molecule has 1 aromatic carbocycles. The molecular weight excluding hydrogens is 400 g/mol. The third-order valence-electron chi connectivity index (χ3n) is 6.35. The van der Waals surface area contributed by atoms with Crippen LogP contribution in [-0.4, -0.2) is 39.4 Å². The van der Waals surface area contributed by atoms with Crippen molar-refractivity contribution >= 4 is 22.6 Å². The highest BCUT2D eigenvalue weighted by Gasteiger charge is 2.52. The quantitative estimate of drug-likeness (QED) is 0.584. The lowest BCUT2D eigenvalue weighted by Crippen LogP contribution is -2.68. The average molecular weight is 425 g/mol. The Morgan fingerprint density at radius 3 is 2.55 bits per heavy atom. The van der Waals surface area contributed by atoms with Crippen LogP contribution in [0.15, 0.2) is 24.3 Å². The Morgan fingerprint density at radius 1 is 1.28 bits per heavy atom. The first kappa shape index (κ1) is 21.7. The van der Waals surface area contributed by atoms with E-state index in [0.717, 1.165) is 44.3 Å². The zero-order valence-electron chi connectivity index (χ0n) is 16.4. The molecule has 0 saturated heterocycles. The Kier molecular flexibility index (Phi) is 6.03. The van der Waals surface area contributed by atoms with Crippen molar-refractivity contribution in [2.45, 2.75) is 39.5 Å². The van der Waals surface area contributed by atoms with Gasteiger partial charge in [-0.25, -0.2) is 23.2 Å². The lowest BCUT2D eigenvalue weighted by Gasteiger charge is -2.39. The van der Waals surface area contributed by atoms with Crippen molar-refractivity contribution < 1.29 is 43.4 Å². The normalized spacial score (nSPS) is 22.4. The van der Waals surface area contributed by atoms with Crippen LogP contribution >= 0.6 is 0 Å². The molecule has 1 aromatic heterocycles. The van der Waals surface area contributed by atoms with E-state index in [4.69, 9.17) is 18.6 Å². The second kappa shape index (κ2) is 8.04. The van der Waals surface area contributed by atoms with E-state index in [0.29, 0.717) is 0 Å². The van der Waals surface area contributed by atoms with Gasteiger partial charge in [-0.3, -0.25) is 4.79 Å². The van der Waals surface area contributed by atoms with Gasteiger partial charge in [0.15, 0.2) is 0 Å². The van der Waals surface area contributed by atoms with Gasteiger partial charge in [-0.15, -0.1) is 10.2 Å². The molecule has 1 unspecified atom stereocenters. The fraction of sp³-hybridized carbons (Fsp3) is 0.500. The van der Waals surface area contributed by atoms with E-state index in [1.165, 1.54) is 22.4 Å². The summed E-state index contributed by atoms with van der Waals surface area (Å²) >= 11 is 0. The minimum absolute atomic E-state index is 0.278. The number of para-hydroxylation sites is 1. The molecule has 8 nitrogen and oxygen atoms in total. The van der Waals surface area contributed by atoms with Gasteiger partial charge in [-0.2, -0.15) is 0 Å². The van der Waals surface area contributed by atoms with E-state index in [9.17, 15) is 9.90 Å². The maximum absolute atomic E-state index is 11.9. The SMILES string of the molecule is CC[C@@]1(C(C)C(=O)O)CCC[N+]2=C1c1[nH]c3ccccc3c1CC2.[O-][Cl+3]([O-])([O-])[O-]. The first-order chi connectivity index (χ1) is 13.6. The topological polar surface area (TPSA) is 148 Å². The maximum atomic E-state index is 11.9. The molecule has 2 aromatic rings. The van der Waals surface area contributed by atoms with E-state index in [1.807, 2.05) is 6.92 Å². The predicted molar refractivity (Wildman–Crippen MR) is 94.9 cm³/mol. The predicted octanol–water partition coefficient (Wildman–Crippen LogP) is -1.32. The van der Waals surface area contributed by atoms with E-state index in [2.05, 4.69) is 40.7 Å². The third kappa shape index (κ3) is 4.17. The molecule has 4 rings (SSSR count). The monoisotopic (exact) mass is 424 g/mol. The molecule has 0 spiro atoms. The van der Waals surface area contributed by atoms with Gasteiger partial charge in [0.2, 0.25) is 5.71 Å². The van der Waals surface area contributed by atoms with Crippen molar-refractivity contribution in [3.8, 4) is 0 Å². The number of hydrogen-bond donors (Lipinski definition) is 2. The summed E-state index contributed by atoms with van der Waals surface area (Å²) in [5.41, 5.74) is 4.70. The summed E-state index contributed by atoms with van der Waals surface area (Å²) in [6, 6.07) is 8.44. The van der Waals surface area contributed by atoms with E-state index in [-0.39, 0.29) is 11.3 Å². The number of carboxylic acid groups (broad SMARTS) is 1. The number of halogens is 1. The molecule has 0 radical (unpaired) electrons. The number of hydrogen-bond acceptors (Lipinski definition) is 5. The Bertz CT molecular complexity index is 942. The number of H-pyrrole nitrogens is 1. The summed E-state index contributed by atoms with van der Waals surface area (Å²) < 4.78 is 36.4. The zero-order valence-corrected chi connectivity index (χ0v) is 17.2. The molecule has 2 N–H and O–H groups in total. The number of nitrogens with zero attached hydrogens (tertiary/aromatic N) is 1. The number of aliphatic carboxylic acids is 1. The smallest absolute Gasteiger partial charge is 0.307 e. The van der Waals surface area contributed by atoms with Crippen LogP contribution in [-0.2, 0) is 11.2 Å². The standard InChI is InChI=1S/C20H24N2O2.ClHO4/c1-3-20(13(2)19(23)24)10-6-11-22-12-9-15-14-7-4-5-8-16(14)21-17(15)18(20)22;2-1(3,4)5/h4-5,7-8,13H,3,6,9-12H2,1-2H3,(H,23,24);(H,2,3,4,5)/t13?,20-;/m0./s1. The minimum Gasteiger partial charge on any atom is -0.481 e.